The minimum Gasteiger partial charge on any atom is -0.451 e. The topological polar surface area (TPSA) is 64.4 Å². The second-order valence-electron chi connectivity index (χ2n) is 5.73. The van der Waals surface area contributed by atoms with Gasteiger partial charge in [0, 0.05) is 41.8 Å². The van der Waals surface area contributed by atoms with Crippen molar-refractivity contribution in [3.63, 3.8) is 0 Å². The van der Waals surface area contributed by atoms with Gasteiger partial charge in [-0.3, -0.25) is 9.78 Å². The fourth-order valence-corrected chi connectivity index (χ4v) is 2.86. The molecule has 3 rings (SSSR count). The minimum atomic E-state index is -0.138. The fraction of sp³-hybridized carbons (Fsp3) is 0.263. The number of fused-ring (bicyclic) bond motifs is 1. The molecule has 0 aliphatic heterocycles. The third-order valence-electron chi connectivity index (χ3n) is 3.95. The predicted octanol–water partition coefficient (Wildman–Crippen LogP) is 4.29. The molecule has 0 aliphatic rings. The number of ether oxygens (including phenoxy) is 1. The molecule has 0 unspecified atom stereocenters. The zero-order valence-corrected chi connectivity index (χ0v) is 16.9. The van der Waals surface area contributed by atoms with Crippen LogP contribution in [0.3, 0.4) is 0 Å². The van der Waals surface area contributed by atoms with E-state index in [1.54, 1.807) is 19.2 Å². The Morgan fingerprint density at radius 3 is 2.73 bits per heavy atom. The Hall–Kier alpha value is -1.73. The van der Waals surface area contributed by atoms with Gasteiger partial charge in [-0.2, -0.15) is 0 Å². The average Bonchev–Trinajstić information content (AvgIpc) is 3.07. The van der Waals surface area contributed by atoms with Crippen molar-refractivity contribution in [3.05, 3.63) is 63.6 Å². The molecule has 0 fully saturated rings. The van der Waals surface area contributed by atoms with Crippen LogP contribution in [0.4, 0.5) is 0 Å². The molecule has 7 heteroatoms. The number of halogens is 2. The van der Waals surface area contributed by atoms with E-state index in [-0.39, 0.29) is 18.2 Å². The molecule has 0 aliphatic carbocycles. The quantitative estimate of drug-likeness (QED) is 0.439. The van der Waals surface area contributed by atoms with E-state index in [1.807, 2.05) is 31.3 Å². The summed E-state index contributed by atoms with van der Waals surface area (Å²) in [4.78, 5) is 17.1. The Morgan fingerprint density at radius 2 is 2.04 bits per heavy atom. The third-order valence-corrected chi connectivity index (χ3v) is 4.48. The van der Waals surface area contributed by atoms with Crippen LogP contribution in [0, 0.1) is 6.92 Å². The van der Waals surface area contributed by atoms with E-state index < -0.39 is 0 Å². The van der Waals surface area contributed by atoms with E-state index in [2.05, 4.69) is 26.2 Å². The van der Waals surface area contributed by atoms with Crippen molar-refractivity contribution < 1.29 is 13.9 Å². The summed E-state index contributed by atoms with van der Waals surface area (Å²) in [7, 11) is 1.67. The van der Waals surface area contributed by atoms with Crippen molar-refractivity contribution in [2.75, 3.05) is 20.3 Å². The lowest BCUT2D eigenvalue weighted by atomic mass is 10.1. The molecule has 3 aromatic rings. The number of aromatic nitrogens is 1. The standard InChI is InChI=1S/C19H19BrN2O3.ClH/c1-12-19-16(14(11-22-12)10-21-7-8-24-2)9-17(25-19)18(23)13-3-5-15(20)6-4-13;/h3-6,9,11,21H,7-8,10H2,1-2H3;1H. The molecule has 26 heavy (non-hydrogen) atoms. The van der Waals surface area contributed by atoms with Crippen LogP contribution in [0.1, 0.15) is 27.4 Å². The molecule has 2 aromatic heterocycles. The van der Waals surface area contributed by atoms with Crippen LogP contribution in [0.2, 0.25) is 0 Å². The number of benzene rings is 1. The maximum atomic E-state index is 12.7. The van der Waals surface area contributed by atoms with Gasteiger partial charge in [0.05, 0.1) is 12.3 Å². The highest BCUT2D eigenvalue weighted by atomic mass is 79.9. The molecule has 138 valence electrons. The molecule has 0 radical (unpaired) electrons. The van der Waals surface area contributed by atoms with Crippen LogP contribution >= 0.6 is 28.3 Å². The largest absolute Gasteiger partial charge is 0.451 e. The van der Waals surface area contributed by atoms with Crippen LogP contribution in [0.5, 0.6) is 0 Å². The SMILES string of the molecule is COCCNCc1cnc(C)c2oc(C(=O)c3ccc(Br)cc3)cc12.Cl. The lowest BCUT2D eigenvalue weighted by molar-refractivity contribution is 0.101. The summed E-state index contributed by atoms with van der Waals surface area (Å²) in [5.41, 5.74) is 3.01. The first-order valence-electron chi connectivity index (χ1n) is 7.98. The average molecular weight is 440 g/mol. The maximum absolute atomic E-state index is 12.7. The lowest BCUT2D eigenvalue weighted by Crippen LogP contribution is -2.18. The summed E-state index contributed by atoms with van der Waals surface area (Å²) < 4.78 is 11.8. The molecular weight excluding hydrogens is 420 g/mol. The summed E-state index contributed by atoms with van der Waals surface area (Å²) in [6.45, 7) is 3.90. The molecule has 0 spiro atoms. The highest BCUT2D eigenvalue weighted by molar-refractivity contribution is 9.10. The molecule has 0 amide bonds. The number of rotatable bonds is 7. The molecule has 5 nitrogen and oxygen atoms in total. The van der Waals surface area contributed by atoms with Gasteiger partial charge in [-0.15, -0.1) is 12.4 Å². The summed E-state index contributed by atoms with van der Waals surface area (Å²) in [5.74, 6) is 0.188. The van der Waals surface area contributed by atoms with Crippen molar-refractivity contribution in [2.45, 2.75) is 13.5 Å². The van der Waals surface area contributed by atoms with Gasteiger partial charge < -0.3 is 14.5 Å². The third kappa shape index (κ3) is 4.51. The normalized spacial score (nSPS) is 10.7. The monoisotopic (exact) mass is 438 g/mol. The van der Waals surface area contributed by atoms with E-state index in [4.69, 9.17) is 9.15 Å². The first-order valence-corrected chi connectivity index (χ1v) is 8.77. The van der Waals surface area contributed by atoms with Crippen LogP contribution in [-0.2, 0) is 11.3 Å². The highest BCUT2D eigenvalue weighted by Gasteiger charge is 2.18. The number of methoxy groups -OCH3 is 1. The van der Waals surface area contributed by atoms with Gasteiger partial charge in [-0.25, -0.2) is 0 Å². The number of ketones is 1. The Kier molecular flexibility index (Phi) is 7.34. The van der Waals surface area contributed by atoms with Crippen molar-refractivity contribution in [1.29, 1.82) is 0 Å². The molecule has 2 heterocycles. The van der Waals surface area contributed by atoms with E-state index >= 15 is 0 Å². The highest BCUT2D eigenvalue weighted by Crippen LogP contribution is 2.26. The van der Waals surface area contributed by atoms with E-state index in [0.717, 1.165) is 27.7 Å². The zero-order valence-electron chi connectivity index (χ0n) is 14.5. The van der Waals surface area contributed by atoms with Crippen LogP contribution in [0.15, 0.2) is 45.4 Å². The van der Waals surface area contributed by atoms with Crippen LogP contribution < -0.4 is 5.32 Å². The molecule has 1 N–H and O–H groups in total. The number of hydrogen-bond acceptors (Lipinski definition) is 5. The number of hydrogen-bond donors (Lipinski definition) is 1. The van der Waals surface area contributed by atoms with Gasteiger partial charge in [-0.05, 0) is 42.8 Å². The lowest BCUT2D eigenvalue weighted by Gasteiger charge is -2.05. The number of carbonyl (C=O) groups is 1. The molecule has 0 atom stereocenters. The van der Waals surface area contributed by atoms with Crippen molar-refractivity contribution in [2.24, 2.45) is 0 Å². The van der Waals surface area contributed by atoms with E-state index in [9.17, 15) is 4.79 Å². The smallest absolute Gasteiger partial charge is 0.228 e. The van der Waals surface area contributed by atoms with Gasteiger partial charge in [0.25, 0.3) is 0 Å². The minimum absolute atomic E-state index is 0. The van der Waals surface area contributed by atoms with Gasteiger partial charge in [0.2, 0.25) is 5.78 Å². The predicted molar refractivity (Wildman–Crippen MR) is 107 cm³/mol. The summed E-state index contributed by atoms with van der Waals surface area (Å²) in [5, 5.41) is 4.21. The zero-order chi connectivity index (χ0) is 17.8. The Morgan fingerprint density at radius 1 is 1.31 bits per heavy atom. The summed E-state index contributed by atoms with van der Waals surface area (Å²) in [6, 6.07) is 9.04. The van der Waals surface area contributed by atoms with Gasteiger partial charge in [-0.1, -0.05) is 15.9 Å². The molecule has 1 aromatic carbocycles. The number of nitrogens with zero attached hydrogens (tertiary/aromatic N) is 1. The van der Waals surface area contributed by atoms with E-state index in [0.29, 0.717) is 30.1 Å². The maximum Gasteiger partial charge on any atom is 0.228 e. The Balaban J connectivity index is 0.00000243. The molecular formula is C19H20BrClN2O3. The molecule has 0 saturated carbocycles. The number of carbonyl (C=O) groups excluding carboxylic acids is 1. The van der Waals surface area contributed by atoms with Crippen molar-refractivity contribution in [1.82, 2.24) is 10.3 Å². The molecule has 0 bridgehead atoms. The van der Waals surface area contributed by atoms with Gasteiger partial charge in [0.1, 0.15) is 0 Å². The molecule has 0 saturated heterocycles. The second kappa shape index (κ2) is 9.28. The van der Waals surface area contributed by atoms with Gasteiger partial charge >= 0.3 is 0 Å². The second-order valence-corrected chi connectivity index (χ2v) is 6.64. The number of furan rings is 1. The van der Waals surface area contributed by atoms with Crippen molar-refractivity contribution >= 4 is 45.1 Å². The number of aryl methyl sites for hydroxylation is 1. The fourth-order valence-electron chi connectivity index (χ4n) is 2.59. The Bertz CT molecular complexity index is 894. The van der Waals surface area contributed by atoms with Crippen LogP contribution in [0.25, 0.3) is 11.0 Å². The first kappa shape index (κ1) is 20.6. The number of pyridine rings is 1. The van der Waals surface area contributed by atoms with Crippen molar-refractivity contribution in [3.8, 4) is 0 Å². The first-order chi connectivity index (χ1) is 12.1. The van der Waals surface area contributed by atoms with E-state index in [1.165, 1.54) is 0 Å². The van der Waals surface area contributed by atoms with Gasteiger partial charge in [0.15, 0.2) is 11.3 Å². The van der Waals surface area contributed by atoms with Crippen LogP contribution in [-0.4, -0.2) is 31.0 Å². The summed E-state index contributed by atoms with van der Waals surface area (Å²) in [6.07, 6.45) is 1.82. The summed E-state index contributed by atoms with van der Waals surface area (Å²) >= 11 is 3.37. The number of nitrogens with one attached hydrogen (secondary N) is 1. The Labute approximate surface area is 166 Å².